The van der Waals surface area contributed by atoms with Crippen molar-refractivity contribution in [2.75, 3.05) is 26.1 Å². The number of carbonyl (C=O) groups is 2. The molecule has 0 aliphatic carbocycles. The van der Waals surface area contributed by atoms with Gasteiger partial charge in [-0.2, -0.15) is 4.98 Å². The number of carboxylic acid groups (broad SMARTS) is 1. The molecule has 2 aromatic carbocycles. The Morgan fingerprint density at radius 2 is 1.72 bits per heavy atom. The lowest BCUT2D eigenvalue weighted by atomic mass is 10.1. The maximum Gasteiger partial charge on any atom is 0.322 e. The number of ether oxygens (including phenoxy) is 2. The Labute approximate surface area is 170 Å². The van der Waals surface area contributed by atoms with E-state index in [9.17, 15) is 9.59 Å². The summed E-state index contributed by atoms with van der Waals surface area (Å²) in [7, 11) is 3.06. The molecule has 0 atom stereocenters. The molecule has 3 rings (SSSR count). The summed E-state index contributed by atoms with van der Waals surface area (Å²) >= 11 is 6.05. The number of hydrogen-bond acceptors (Lipinski definition) is 7. The smallest absolute Gasteiger partial charge is 0.322 e. The van der Waals surface area contributed by atoms with Gasteiger partial charge in [-0.1, -0.05) is 0 Å². The zero-order chi connectivity index (χ0) is 21.0. The average molecular weight is 417 g/mol. The average Bonchev–Trinajstić information content (AvgIpc) is 2.71. The zero-order valence-corrected chi connectivity index (χ0v) is 16.3. The highest BCUT2D eigenvalue weighted by Gasteiger charge is 2.13. The van der Waals surface area contributed by atoms with Crippen molar-refractivity contribution in [3.63, 3.8) is 0 Å². The Hall–Kier alpha value is -3.59. The second kappa shape index (κ2) is 8.61. The Kier molecular flexibility index (Phi) is 5.99. The fourth-order valence-electron chi connectivity index (χ4n) is 2.62. The Morgan fingerprint density at radius 1 is 1.07 bits per heavy atom. The van der Waals surface area contributed by atoms with Crippen LogP contribution in [0.1, 0.15) is 10.4 Å². The highest BCUT2D eigenvalue weighted by atomic mass is 35.5. The molecule has 0 saturated carbocycles. The number of fused-ring (bicyclic) bond motifs is 1. The number of hydrogen-bond donors (Lipinski definition) is 3. The van der Waals surface area contributed by atoms with Crippen molar-refractivity contribution in [1.29, 1.82) is 0 Å². The van der Waals surface area contributed by atoms with Gasteiger partial charge in [-0.15, -0.1) is 0 Å². The molecule has 29 heavy (non-hydrogen) atoms. The van der Waals surface area contributed by atoms with Crippen LogP contribution >= 0.6 is 11.6 Å². The summed E-state index contributed by atoms with van der Waals surface area (Å²) in [5.74, 6) is -0.122. The predicted octanol–water partition coefficient (Wildman–Crippen LogP) is 2.86. The third kappa shape index (κ3) is 4.64. The molecule has 1 amide bonds. The molecule has 1 heterocycles. The molecule has 0 radical (unpaired) electrons. The number of nitrogens with one attached hydrogen (secondary N) is 2. The minimum atomic E-state index is -1.11. The minimum absolute atomic E-state index is 0.0527. The highest BCUT2D eigenvalue weighted by Crippen LogP contribution is 2.35. The summed E-state index contributed by atoms with van der Waals surface area (Å²) in [5, 5.41) is 14.8. The lowest BCUT2D eigenvalue weighted by Crippen LogP contribution is -2.29. The van der Waals surface area contributed by atoms with Gasteiger partial charge in [-0.3, -0.25) is 9.59 Å². The first kappa shape index (κ1) is 20.2. The number of benzene rings is 2. The molecule has 150 valence electrons. The predicted molar refractivity (Wildman–Crippen MR) is 107 cm³/mol. The Morgan fingerprint density at radius 3 is 2.34 bits per heavy atom. The monoisotopic (exact) mass is 416 g/mol. The van der Waals surface area contributed by atoms with E-state index < -0.39 is 18.4 Å². The van der Waals surface area contributed by atoms with Crippen LogP contribution in [0.3, 0.4) is 0 Å². The largest absolute Gasteiger partial charge is 0.493 e. The number of nitrogens with zero attached hydrogens (tertiary/aromatic N) is 2. The summed E-state index contributed by atoms with van der Waals surface area (Å²) in [6.07, 6.45) is 0. The molecule has 1 aromatic heterocycles. The van der Waals surface area contributed by atoms with Gasteiger partial charge in [0.1, 0.15) is 12.4 Å². The van der Waals surface area contributed by atoms with E-state index in [0.717, 1.165) is 0 Å². The van der Waals surface area contributed by atoms with Crippen LogP contribution in [0.2, 0.25) is 5.28 Å². The number of halogens is 1. The fourth-order valence-corrected chi connectivity index (χ4v) is 2.80. The van der Waals surface area contributed by atoms with Crippen LogP contribution in [0.25, 0.3) is 10.9 Å². The summed E-state index contributed by atoms with van der Waals surface area (Å²) < 4.78 is 10.6. The van der Waals surface area contributed by atoms with E-state index in [2.05, 4.69) is 20.6 Å². The third-order valence-corrected chi connectivity index (χ3v) is 4.15. The van der Waals surface area contributed by atoms with Gasteiger partial charge < -0.3 is 25.2 Å². The summed E-state index contributed by atoms with van der Waals surface area (Å²) in [5.41, 5.74) is 1.54. The van der Waals surface area contributed by atoms with E-state index in [1.54, 1.807) is 36.4 Å². The quantitative estimate of drug-likeness (QED) is 0.502. The number of anilines is 2. The van der Waals surface area contributed by atoms with Crippen molar-refractivity contribution >= 4 is 45.9 Å². The van der Waals surface area contributed by atoms with Crippen molar-refractivity contribution < 1.29 is 24.2 Å². The number of methoxy groups -OCH3 is 2. The first-order valence-corrected chi connectivity index (χ1v) is 8.75. The van der Waals surface area contributed by atoms with Crippen LogP contribution in [-0.2, 0) is 4.79 Å². The second-order valence-electron chi connectivity index (χ2n) is 5.84. The minimum Gasteiger partial charge on any atom is -0.493 e. The Bertz CT molecular complexity index is 1070. The standard InChI is InChI=1S/C19H17ClN4O5/c1-28-14-7-12-13(8-15(14)29-2)23-19(20)24-17(12)22-11-5-3-10(4-6-11)18(27)21-9-16(25)26/h3-8H,9H2,1-2H3,(H,21,27)(H,25,26)(H,22,23,24). The summed E-state index contributed by atoms with van der Waals surface area (Å²) in [6, 6.07) is 9.89. The van der Waals surface area contributed by atoms with Crippen molar-refractivity contribution in [3.05, 3.63) is 47.2 Å². The molecule has 3 aromatic rings. The van der Waals surface area contributed by atoms with Gasteiger partial charge in [-0.05, 0) is 41.9 Å². The van der Waals surface area contributed by atoms with Crippen LogP contribution in [0.15, 0.2) is 36.4 Å². The highest BCUT2D eigenvalue weighted by molar-refractivity contribution is 6.28. The molecule has 9 nitrogen and oxygen atoms in total. The molecular formula is C19H17ClN4O5. The molecule has 0 unspecified atom stereocenters. The SMILES string of the molecule is COc1cc2nc(Cl)nc(Nc3ccc(C(=O)NCC(=O)O)cc3)c2cc1OC. The van der Waals surface area contributed by atoms with Gasteiger partial charge >= 0.3 is 5.97 Å². The molecule has 0 aliphatic heterocycles. The van der Waals surface area contributed by atoms with Crippen LogP contribution in [0.4, 0.5) is 11.5 Å². The van der Waals surface area contributed by atoms with Crippen LogP contribution < -0.4 is 20.1 Å². The topological polar surface area (TPSA) is 123 Å². The van der Waals surface area contributed by atoms with Gasteiger partial charge in [0.05, 0.1) is 19.7 Å². The molecule has 0 aliphatic rings. The fraction of sp³-hybridized carbons (Fsp3) is 0.158. The molecule has 0 spiro atoms. The third-order valence-electron chi connectivity index (χ3n) is 3.98. The zero-order valence-electron chi connectivity index (χ0n) is 15.5. The number of aromatic nitrogens is 2. The van der Waals surface area contributed by atoms with Gasteiger partial charge in [0, 0.05) is 22.7 Å². The number of carboxylic acids is 1. The second-order valence-corrected chi connectivity index (χ2v) is 6.18. The van der Waals surface area contributed by atoms with E-state index >= 15 is 0 Å². The normalized spacial score (nSPS) is 10.4. The summed E-state index contributed by atoms with van der Waals surface area (Å²) in [6.45, 7) is -0.449. The molecule has 0 bridgehead atoms. The van der Waals surface area contributed by atoms with Gasteiger partial charge in [0.25, 0.3) is 5.91 Å². The number of aliphatic carboxylic acids is 1. The molecule has 3 N–H and O–H groups in total. The Balaban J connectivity index is 1.89. The van der Waals surface area contributed by atoms with Crippen LogP contribution in [0, 0.1) is 0 Å². The van der Waals surface area contributed by atoms with Crippen molar-refractivity contribution in [3.8, 4) is 11.5 Å². The van der Waals surface area contributed by atoms with Crippen molar-refractivity contribution in [2.24, 2.45) is 0 Å². The lowest BCUT2D eigenvalue weighted by molar-refractivity contribution is -0.135. The molecule has 0 saturated heterocycles. The van der Waals surface area contributed by atoms with E-state index in [1.807, 2.05) is 0 Å². The number of rotatable bonds is 7. The van der Waals surface area contributed by atoms with E-state index in [0.29, 0.717) is 39.5 Å². The van der Waals surface area contributed by atoms with Gasteiger partial charge in [0.2, 0.25) is 5.28 Å². The lowest BCUT2D eigenvalue weighted by Gasteiger charge is -2.13. The van der Waals surface area contributed by atoms with Gasteiger partial charge in [0.15, 0.2) is 11.5 Å². The van der Waals surface area contributed by atoms with E-state index in [-0.39, 0.29) is 5.28 Å². The molecular weight excluding hydrogens is 400 g/mol. The van der Waals surface area contributed by atoms with E-state index in [4.69, 9.17) is 26.2 Å². The maximum atomic E-state index is 11.9. The summed E-state index contributed by atoms with van der Waals surface area (Å²) in [4.78, 5) is 30.9. The first-order chi connectivity index (χ1) is 13.9. The van der Waals surface area contributed by atoms with Crippen LogP contribution in [-0.4, -0.2) is 47.7 Å². The maximum absolute atomic E-state index is 11.9. The van der Waals surface area contributed by atoms with Crippen LogP contribution in [0.5, 0.6) is 11.5 Å². The number of amides is 1. The van der Waals surface area contributed by atoms with Crippen molar-refractivity contribution in [1.82, 2.24) is 15.3 Å². The van der Waals surface area contributed by atoms with Crippen molar-refractivity contribution in [2.45, 2.75) is 0 Å². The molecule has 0 fully saturated rings. The van der Waals surface area contributed by atoms with Gasteiger partial charge in [-0.25, -0.2) is 4.98 Å². The number of carbonyl (C=O) groups excluding carboxylic acids is 1. The molecule has 10 heteroatoms. The first-order valence-electron chi connectivity index (χ1n) is 8.37. The van der Waals surface area contributed by atoms with E-state index in [1.165, 1.54) is 14.2 Å².